The largest absolute Gasteiger partial charge is 0.507 e. The number of nitrogen functional groups attached to an aromatic ring is 1. The molecule has 1 aliphatic rings. The van der Waals surface area contributed by atoms with Crippen molar-refractivity contribution in [1.29, 1.82) is 0 Å². The number of nitrogens with two attached hydrogens (primary N) is 1. The van der Waals surface area contributed by atoms with E-state index in [0.29, 0.717) is 17.2 Å². The third kappa shape index (κ3) is 2.56. The Morgan fingerprint density at radius 1 is 1.22 bits per heavy atom. The molecule has 0 unspecified atom stereocenters. The zero-order chi connectivity index (χ0) is 16.9. The first-order valence-corrected chi connectivity index (χ1v) is 8.21. The van der Waals surface area contributed by atoms with E-state index in [-0.39, 0.29) is 17.1 Å². The van der Waals surface area contributed by atoms with Crippen LogP contribution >= 0.6 is 0 Å². The van der Waals surface area contributed by atoms with Gasteiger partial charge in [-0.05, 0) is 54.4 Å². The van der Waals surface area contributed by atoms with Crippen molar-refractivity contribution in [2.75, 3.05) is 5.73 Å². The van der Waals surface area contributed by atoms with Gasteiger partial charge in [0.1, 0.15) is 11.6 Å². The predicted octanol–water partition coefficient (Wildman–Crippen LogP) is 4.09. The average molecular weight is 311 g/mol. The molecular formula is C19H25N3O. The van der Waals surface area contributed by atoms with Crippen molar-refractivity contribution < 1.29 is 5.11 Å². The summed E-state index contributed by atoms with van der Waals surface area (Å²) < 4.78 is 0. The van der Waals surface area contributed by atoms with Crippen LogP contribution in [0.25, 0.3) is 11.4 Å². The Hall–Kier alpha value is -2.10. The Kier molecular flexibility index (Phi) is 3.58. The minimum Gasteiger partial charge on any atom is -0.507 e. The third-order valence-electron chi connectivity index (χ3n) is 4.95. The molecule has 122 valence electrons. The fourth-order valence-corrected chi connectivity index (χ4v) is 3.67. The zero-order valence-corrected chi connectivity index (χ0v) is 14.6. The summed E-state index contributed by atoms with van der Waals surface area (Å²) in [4.78, 5) is 9.05. The van der Waals surface area contributed by atoms with Crippen molar-refractivity contribution in [3.8, 4) is 17.1 Å². The monoisotopic (exact) mass is 311 g/mol. The van der Waals surface area contributed by atoms with E-state index in [9.17, 15) is 5.11 Å². The summed E-state index contributed by atoms with van der Waals surface area (Å²) in [6, 6.07) is 3.91. The van der Waals surface area contributed by atoms with Crippen LogP contribution in [-0.4, -0.2) is 15.1 Å². The van der Waals surface area contributed by atoms with Gasteiger partial charge < -0.3 is 10.8 Å². The number of aryl methyl sites for hydroxylation is 2. The van der Waals surface area contributed by atoms with Crippen molar-refractivity contribution in [1.82, 2.24) is 9.97 Å². The molecule has 0 aliphatic heterocycles. The summed E-state index contributed by atoms with van der Waals surface area (Å²) in [6.45, 7) is 10.5. The highest BCUT2D eigenvalue weighted by molar-refractivity contribution is 5.69. The third-order valence-corrected chi connectivity index (χ3v) is 4.95. The molecule has 23 heavy (non-hydrogen) atoms. The molecule has 4 nitrogen and oxygen atoms in total. The Bertz CT molecular complexity index is 755. The maximum Gasteiger partial charge on any atom is 0.165 e. The topological polar surface area (TPSA) is 72.0 Å². The van der Waals surface area contributed by atoms with Crippen LogP contribution in [0.3, 0.4) is 0 Å². The van der Waals surface area contributed by atoms with E-state index in [0.717, 1.165) is 24.1 Å². The molecule has 1 heterocycles. The Morgan fingerprint density at radius 2 is 1.91 bits per heavy atom. The first-order chi connectivity index (χ1) is 10.7. The molecule has 1 aromatic heterocycles. The van der Waals surface area contributed by atoms with Crippen molar-refractivity contribution in [3.63, 3.8) is 0 Å². The fourth-order valence-electron chi connectivity index (χ4n) is 3.67. The van der Waals surface area contributed by atoms with Crippen LogP contribution in [0.2, 0.25) is 0 Å². The molecule has 0 saturated heterocycles. The van der Waals surface area contributed by atoms with E-state index in [1.54, 1.807) is 0 Å². The van der Waals surface area contributed by atoms with Gasteiger partial charge >= 0.3 is 0 Å². The molecule has 0 radical (unpaired) electrons. The van der Waals surface area contributed by atoms with Crippen molar-refractivity contribution >= 4 is 5.82 Å². The molecule has 1 aliphatic carbocycles. The molecule has 4 heteroatoms. The number of phenols is 1. The SMILES string of the molecule is Cc1nc(-c2cc3c(cc2O)C(C)(C)CC3)nc(N)c1C(C)C. The lowest BCUT2D eigenvalue weighted by Crippen LogP contribution is -2.11. The molecule has 3 rings (SSSR count). The van der Waals surface area contributed by atoms with Crippen LogP contribution < -0.4 is 5.73 Å². The highest BCUT2D eigenvalue weighted by Crippen LogP contribution is 2.43. The van der Waals surface area contributed by atoms with Gasteiger partial charge in [0, 0.05) is 11.3 Å². The van der Waals surface area contributed by atoms with E-state index < -0.39 is 0 Å². The molecule has 0 fully saturated rings. The van der Waals surface area contributed by atoms with Crippen LogP contribution in [0, 0.1) is 6.92 Å². The van der Waals surface area contributed by atoms with Crippen LogP contribution in [0.15, 0.2) is 12.1 Å². The van der Waals surface area contributed by atoms with Crippen LogP contribution in [0.4, 0.5) is 5.82 Å². The Labute approximate surface area is 137 Å². The normalized spacial score (nSPS) is 15.9. The summed E-state index contributed by atoms with van der Waals surface area (Å²) in [7, 11) is 0. The summed E-state index contributed by atoms with van der Waals surface area (Å²) in [5, 5.41) is 10.5. The number of hydrogen-bond donors (Lipinski definition) is 2. The molecule has 1 aromatic carbocycles. The molecule has 3 N–H and O–H groups in total. The number of aromatic hydroxyl groups is 1. The standard InChI is InChI=1S/C19H25N3O/c1-10(2)16-11(3)21-18(22-17(16)20)13-8-12-6-7-19(4,5)14(12)9-15(13)23/h8-10,23H,6-7H2,1-5H3,(H2,20,21,22). The summed E-state index contributed by atoms with van der Waals surface area (Å²) >= 11 is 0. The number of rotatable bonds is 2. The summed E-state index contributed by atoms with van der Waals surface area (Å²) in [5.41, 5.74) is 11.3. The lowest BCUT2D eigenvalue weighted by molar-refractivity contribution is 0.471. The number of fused-ring (bicyclic) bond motifs is 1. The van der Waals surface area contributed by atoms with Gasteiger partial charge in [-0.2, -0.15) is 0 Å². The fraction of sp³-hybridized carbons (Fsp3) is 0.474. The summed E-state index contributed by atoms with van der Waals surface area (Å²) in [5.74, 6) is 1.52. The number of phenolic OH excluding ortho intramolecular Hbond substituents is 1. The van der Waals surface area contributed by atoms with E-state index in [1.165, 1.54) is 11.1 Å². The van der Waals surface area contributed by atoms with Gasteiger partial charge in [-0.3, -0.25) is 0 Å². The maximum atomic E-state index is 10.5. The van der Waals surface area contributed by atoms with Gasteiger partial charge in [-0.1, -0.05) is 27.7 Å². The maximum absolute atomic E-state index is 10.5. The molecule has 2 aromatic rings. The number of hydrogen-bond acceptors (Lipinski definition) is 4. The van der Waals surface area contributed by atoms with Crippen molar-refractivity contribution in [2.45, 2.75) is 58.8 Å². The molecule has 0 saturated carbocycles. The molecule has 0 bridgehead atoms. The summed E-state index contributed by atoms with van der Waals surface area (Å²) in [6.07, 6.45) is 2.12. The van der Waals surface area contributed by atoms with E-state index in [1.807, 2.05) is 19.1 Å². The van der Waals surface area contributed by atoms with Crippen molar-refractivity contribution in [2.24, 2.45) is 0 Å². The molecule has 0 spiro atoms. The second-order valence-corrected chi connectivity index (χ2v) is 7.50. The van der Waals surface area contributed by atoms with Gasteiger partial charge in [0.15, 0.2) is 5.82 Å². The van der Waals surface area contributed by atoms with Gasteiger partial charge in [0.2, 0.25) is 0 Å². The van der Waals surface area contributed by atoms with Gasteiger partial charge in [0.25, 0.3) is 0 Å². The van der Waals surface area contributed by atoms with Gasteiger partial charge in [0.05, 0.1) is 5.56 Å². The number of nitrogens with zero attached hydrogens (tertiary/aromatic N) is 2. The first-order valence-electron chi connectivity index (χ1n) is 8.21. The zero-order valence-electron chi connectivity index (χ0n) is 14.6. The molecule has 0 amide bonds. The molecular weight excluding hydrogens is 286 g/mol. The van der Waals surface area contributed by atoms with Gasteiger partial charge in [-0.15, -0.1) is 0 Å². The Balaban J connectivity index is 2.14. The second kappa shape index (κ2) is 5.22. The smallest absolute Gasteiger partial charge is 0.165 e. The quantitative estimate of drug-likeness (QED) is 0.876. The number of aromatic nitrogens is 2. The van der Waals surface area contributed by atoms with Gasteiger partial charge in [-0.25, -0.2) is 9.97 Å². The average Bonchev–Trinajstić information content (AvgIpc) is 2.72. The number of anilines is 1. The lowest BCUT2D eigenvalue weighted by atomic mass is 9.86. The highest BCUT2D eigenvalue weighted by atomic mass is 16.3. The molecule has 0 atom stereocenters. The minimum absolute atomic E-state index is 0.114. The lowest BCUT2D eigenvalue weighted by Gasteiger charge is -2.20. The first kappa shape index (κ1) is 15.8. The second-order valence-electron chi connectivity index (χ2n) is 7.50. The van der Waals surface area contributed by atoms with E-state index in [4.69, 9.17) is 5.73 Å². The predicted molar refractivity (Wildman–Crippen MR) is 93.7 cm³/mol. The number of benzene rings is 1. The van der Waals surface area contributed by atoms with Crippen LogP contribution in [-0.2, 0) is 11.8 Å². The Morgan fingerprint density at radius 3 is 2.52 bits per heavy atom. The highest BCUT2D eigenvalue weighted by Gasteiger charge is 2.31. The van der Waals surface area contributed by atoms with E-state index >= 15 is 0 Å². The van der Waals surface area contributed by atoms with Crippen LogP contribution in [0.5, 0.6) is 5.75 Å². The van der Waals surface area contributed by atoms with Crippen molar-refractivity contribution in [3.05, 3.63) is 34.5 Å². The van der Waals surface area contributed by atoms with E-state index in [2.05, 4.69) is 37.7 Å². The minimum atomic E-state index is 0.114. The van der Waals surface area contributed by atoms with Crippen LogP contribution in [0.1, 0.15) is 62.4 Å².